The largest absolute Gasteiger partial charge is 0.367 e. The standard InChI is InChI=1S/C20H24N6/c1-2-4-16-14-18-17(13-15(16)3-1)19(21-5-7-25-9-10-25)23-24-20(18)22-6-8-26-11-12-26/h1-4,13-14H,5-12H2,(H,21,23)(H,22,24). The second-order valence-electron chi connectivity index (χ2n) is 7.18. The Hall–Kier alpha value is -2.44. The summed E-state index contributed by atoms with van der Waals surface area (Å²) in [5.74, 6) is 1.76. The van der Waals surface area contributed by atoms with Gasteiger partial charge in [-0.05, 0) is 22.9 Å². The van der Waals surface area contributed by atoms with Gasteiger partial charge in [-0.15, -0.1) is 10.2 Å². The Morgan fingerprint density at radius 1 is 0.731 bits per heavy atom. The van der Waals surface area contributed by atoms with Gasteiger partial charge in [-0.1, -0.05) is 24.3 Å². The van der Waals surface area contributed by atoms with Crippen LogP contribution in [0.1, 0.15) is 0 Å². The van der Waals surface area contributed by atoms with Crippen molar-refractivity contribution in [1.29, 1.82) is 0 Å². The van der Waals surface area contributed by atoms with Gasteiger partial charge in [0.05, 0.1) is 0 Å². The van der Waals surface area contributed by atoms with E-state index in [9.17, 15) is 0 Å². The van der Waals surface area contributed by atoms with Crippen LogP contribution in [0.15, 0.2) is 36.4 Å². The number of hydrogen-bond acceptors (Lipinski definition) is 6. The maximum absolute atomic E-state index is 4.49. The molecule has 0 saturated carbocycles. The van der Waals surface area contributed by atoms with Crippen LogP contribution in [-0.4, -0.2) is 72.4 Å². The van der Waals surface area contributed by atoms with E-state index in [2.05, 4.69) is 67.0 Å². The van der Waals surface area contributed by atoms with Crippen molar-refractivity contribution in [2.75, 3.05) is 63.0 Å². The third kappa shape index (κ3) is 3.43. The molecule has 3 aromatic rings. The molecular formula is C20H24N6. The molecule has 5 rings (SSSR count). The summed E-state index contributed by atoms with van der Waals surface area (Å²) in [7, 11) is 0. The maximum Gasteiger partial charge on any atom is 0.156 e. The Bertz CT molecular complexity index is 856. The van der Waals surface area contributed by atoms with Gasteiger partial charge in [0.2, 0.25) is 0 Å². The number of benzene rings is 2. The zero-order valence-electron chi connectivity index (χ0n) is 14.9. The van der Waals surface area contributed by atoms with Gasteiger partial charge in [-0.3, -0.25) is 9.80 Å². The number of aromatic nitrogens is 2. The van der Waals surface area contributed by atoms with E-state index in [1.165, 1.54) is 37.0 Å². The van der Waals surface area contributed by atoms with Gasteiger partial charge in [0.1, 0.15) is 0 Å². The smallest absolute Gasteiger partial charge is 0.156 e. The molecule has 2 aromatic carbocycles. The first-order valence-electron chi connectivity index (χ1n) is 9.48. The van der Waals surface area contributed by atoms with Crippen LogP contribution in [0.4, 0.5) is 11.6 Å². The van der Waals surface area contributed by atoms with Crippen LogP contribution in [0.25, 0.3) is 21.5 Å². The van der Waals surface area contributed by atoms with Crippen LogP contribution in [0.3, 0.4) is 0 Å². The predicted octanol–water partition coefficient (Wildman–Crippen LogP) is 2.24. The first kappa shape index (κ1) is 15.8. The second-order valence-corrected chi connectivity index (χ2v) is 7.18. The molecule has 0 bridgehead atoms. The zero-order chi connectivity index (χ0) is 17.3. The van der Waals surface area contributed by atoms with Crippen molar-refractivity contribution in [3.63, 3.8) is 0 Å². The van der Waals surface area contributed by atoms with Gasteiger partial charge in [-0.2, -0.15) is 0 Å². The lowest BCUT2D eigenvalue weighted by Crippen LogP contribution is -2.16. The Labute approximate surface area is 153 Å². The number of hydrogen-bond donors (Lipinski definition) is 2. The average Bonchev–Trinajstić information content (AvgIpc) is 3.57. The predicted molar refractivity (Wildman–Crippen MR) is 107 cm³/mol. The van der Waals surface area contributed by atoms with Gasteiger partial charge >= 0.3 is 0 Å². The summed E-state index contributed by atoms with van der Waals surface area (Å²) in [4.78, 5) is 4.81. The van der Waals surface area contributed by atoms with Crippen LogP contribution < -0.4 is 10.6 Å². The lowest BCUT2D eigenvalue weighted by atomic mass is 10.0. The monoisotopic (exact) mass is 348 g/mol. The SMILES string of the molecule is c1ccc2cc3c(NCCN4CC4)nnc(NCCN4CC4)c3cc2c1. The maximum atomic E-state index is 4.49. The quantitative estimate of drug-likeness (QED) is 0.481. The molecule has 2 N–H and O–H groups in total. The molecule has 6 heteroatoms. The summed E-state index contributed by atoms with van der Waals surface area (Å²) >= 11 is 0. The van der Waals surface area contributed by atoms with Crippen LogP contribution >= 0.6 is 0 Å². The normalized spacial score (nSPS) is 16.9. The minimum absolute atomic E-state index is 0.879. The van der Waals surface area contributed by atoms with Gasteiger partial charge in [0, 0.05) is 63.1 Å². The molecule has 0 atom stereocenters. The van der Waals surface area contributed by atoms with Crippen LogP contribution in [-0.2, 0) is 0 Å². The molecule has 134 valence electrons. The minimum Gasteiger partial charge on any atom is -0.367 e. The number of fused-ring (bicyclic) bond motifs is 2. The Balaban J connectivity index is 1.48. The zero-order valence-corrected chi connectivity index (χ0v) is 14.9. The molecule has 2 aliphatic heterocycles. The van der Waals surface area contributed by atoms with Gasteiger partial charge < -0.3 is 10.6 Å². The highest BCUT2D eigenvalue weighted by Crippen LogP contribution is 2.30. The summed E-state index contributed by atoms with van der Waals surface area (Å²) in [5.41, 5.74) is 0. The molecule has 0 aliphatic carbocycles. The number of anilines is 2. The minimum atomic E-state index is 0.879. The van der Waals surface area contributed by atoms with Crippen molar-refractivity contribution >= 4 is 33.2 Å². The highest BCUT2D eigenvalue weighted by atomic mass is 15.3. The summed E-state index contributed by atoms with van der Waals surface area (Å²) in [6.45, 7) is 8.81. The van der Waals surface area contributed by atoms with Gasteiger partial charge in [0.25, 0.3) is 0 Å². The van der Waals surface area contributed by atoms with Crippen LogP contribution in [0, 0.1) is 0 Å². The first-order chi connectivity index (χ1) is 12.9. The van der Waals surface area contributed by atoms with Crippen molar-refractivity contribution in [2.45, 2.75) is 0 Å². The summed E-state index contributed by atoms with van der Waals surface area (Å²) in [6, 6.07) is 12.9. The molecule has 1 aromatic heterocycles. The van der Waals surface area contributed by atoms with E-state index in [4.69, 9.17) is 0 Å². The summed E-state index contributed by atoms with van der Waals surface area (Å²) in [5, 5.41) is 20.7. The molecule has 0 unspecified atom stereocenters. The fourth-order valence-corrected chi connectivity index (χ4v) is 3.35. The molecular weight excluding hydrogens is 324 g/mol. The Morgan fingerprint density at radius 2 is 1.19 bits per heavy atom. The van der Waals surface area contributed by atoms with E-state index in [0.717, 1.165) is 48.6 Å². The second kappa shape index (κ2) is 6.70. The summed E-state index contributed by atoms with van der Waals surface area (Å²) in [6.07, 6.45) is 0. The van der Waals surface area contributed by atoms with Crippen molar-refractivity contribution in [1.82, 2.24) is 20.0 Å². The van der Waals surface area contributed by atoms with E-state index in [0.29, 0.717) is 0 Å². The molecule has 6 nitrogen and oxygen atoms in total. The topological polar surface area (TPSA) is 55.9 Å². The third-order valence-electron chi connectivity index (χ3n) is 5.17. The number of nitrogens with one attached hydrogen (secondary N) is 2. The molecule has 26 heavy (non-hydrogen) atoms. The van der Waals surface area contributed by atoms with E-state index in [1.54, 1.807) is 0 Å². The first-order valence-corrected chi connectivity index (χ1v) is 9.48. The van der Waals surface area contributed by atoms with Gasteiger partial charge in [0.15, 0.2) is 11.6 Å². The highest BCUT2D eigenvalue weighted by Gasteiger charge is 2.18. The molecule has 2 saturated heterocycles. The average molecular weight is 348 g/mol. The van der Waals surface area contributed by atoms with Crippen molar-refractivity contribution in [2.24, 2.45) is 0 Å². The molecule has 0 spiro atoms. The molecule has 3 heterocycles. The molecule has 2 fully saturated rings. The summed E-state index contributed by atoms with van der Waals surface area (Å²) < 4.78 is 0. The van der Waals surface area contributed by atoms with E-state index in [-0.39, 0.29) is 0 Å². The lowest BCUT2D eigenvalue weighted by molar-refractivity contribution is 0.577. The van der Waals surface area contributed by atoms with Crippen molar-refractivity contribution < 1.29 is 0 Å². The van der Waals surface area contributed by atoms with Crippen molar-refractivity contribution in [3.05, 3.63) is 36.4 Å². The number of nitrogens with zero attached hydrogens (tertiary/aromatic N) is 4. The molecule has 2 aliphatic rings. The molecule has 0 amide bonds. The lowest BCUT2D eigenvalue weighted by Gasteiger charge is -2.13. The van der Waals surface area contributed by atoms with E-state index < -0.39 is 0 Å². The van der Waals surface area contributed by atoms with Crippen molar-refractivity contribution in [3.8, 4) is 0 Å². The number of rotatable bonds is 8. The van der Waals surface area contributed by atoms with E-state index in [1.807, 2.05) is 0 Å². The fourth-order valence-electron chi connectivity index (χ4n) is 3.35. The molecule has 0 radical (unpaired) electrons. The van der Waals surface area contributed by atoms with Crippen LogP contribution in [0.5, 0.6) is 0 Å². The van der Waals surface area contributed by atoms with E-state index >= 15 is 0 Å². The van der Waals surface area contributed by atoms with Gasteiger partial charge in [-0.25, -0.2) is 0 Å². The Morgan fingerprint density at radius 3 is 1.62 bits per heavy atom. The Kier molecular flexibility index (Phi) is 4.07. The van der Waals surface area contributed by atoms with Crippen LogP contribution in [0.2, 0.25) is 0 Å². The fraction of sp³-hybridized carbons (Fsp3) is 0.400. The highest BCUT2D eigenvalue weighted by molar-refractivity contribution is 6.06. The third-order valence-corrected chi connectivity index (χ3v) is 5.17.